The van der Waals surface area contributed by atoms with E-state index in [1.165, 1.54) is 58.3 Å². The highest BCUT2D eigenvalue weighted by atomic mass is 32.1. The fourth-order valence-electron chi connectivity index (χ4n) is 5.41. The van der Waals surface area contributed by atoms with Gasteiger partial charge < -0.3 is 0 Å². The Morgan fingerprint density at radius 1 is 0.865 bits per heavy atom. The SMILES string of the molecule is Cc1c(CC(C)C)sc2cc(-c3cc(-c4cc(C(C)(C)C)c5ccccc5c4)nc4ccsc34)ccc12. The van der Waals surface area contributed by atoms with Crippen LogP contribution in [0.3, 0.4) is 0 Å². The highest BCUT2D eigenvalue weighted by Crippen LogP contribution is 2.41. The smallest absolute Gasteiger partial charge is 0.0823 e. The van der Waals surface area contributed by atoms with Crippen LogP contribution in [0.4, 0.5) is 0 Å². The van der Waals surface area contributed by atoms with E-state index in [4.69, 9.17) is 4.98 Å². The zero-order valence-corrected chi connectivity index (χ0v) is 24.1. The molecule has 0 aliphatic heterocycles. The number of hydrogen-bond acceptors (Lipinski definition) is 3. The average Bonchev–Trinajstić information content (AvgIpc) is 3.46. The number of rotatable bonds is 4. The summed E-state index contributed by atoms with van der Waals surface area (Å²) in [4.78, 5) is 6.67. The van der Waals surface area contributed by atoms with Gasteiger partial charge in [-0.15, -0.1) is 22.7 Å². The van der Waals surface area contributed by atoms with Crippen LogP contribution < -0.4 is 0 Å². The standard InChI is InChI=1S/C34H33NS2/c1-20(2)15-31-21(3)25-12-11-23(18-32(25)37-31)27-19-30(35-29-13-14-36-33(27)29)24-16-22-9-7-8-10-26(22)28(17-24)34(4,5)6/h7-14,16-20H,15H2,1-6H3. The van der Waals surface area contributed by atoms with Crippen LogP contribution in [0.15, 0.2) is 72.1 Å². The van der Waals surface area contributed by atoms with E-state index in [-0.39, 0.29) is 5.41 Å². The van der Waals surface area contributed by atoms with Crippen LogP contribution in [0, 0.1) is 12.8 Å². The summed E-state index contributed by atoms with van der Waals surface area (Å²) >= 11 is 3.75. The second-order valence-corrected chi connectivity index (χ2v) is 13.7. The summed E-state index contributed by atoms with van der Waals surface area (Å²) in [6, 6.07) is 24.9. The van der Waals surface area contributed by atoms with Crippen molar-refractivity contribution < 1.29 is 0 Å². The number of fused-ring (bicyclic) bond motifs is 3. The van der Waals surface area contributed by atoms with Crippen LogP contribution in [-0.2, 0) is 11.8 Å². The van der Waals surface area contributed by atoms with Crippen molar-refractivity contribution in [2.75, 3.05) is 0 Å². The maximum absolute atomic E-state index is 5.15. The first-order valence-corrected chi connectivity index (χ1v) is 14.8. The van der Waals surface area contributed by atoms with Gasteiger partial charge in [0.05, 0.1) is 15.9 Å². The molecule has 3 aromatic carbocycles. The van der Waals surface area contributed by atoms with Gasteiger partial charge in [-0.3, -0.25) is 0 Å². The zero-order chi connectivity index (χ0) is 25.9. The maximum atomic E-state index is 5.15. The molecule has 1 nitrogen and oxygen atoms in total. The predicted molar refractivity (Wildman–Crippen MR) is 165 cm³/mol. The van der Waals surface area contributed by atoms with Crippen LogP contribution in [0.2, 0.25) is 0 Å². The molecule has 37 heavy (non-hydrogen) atoms. The quantitative estimate of drug-likeness (QED) is 0.226. The lowest BCUT2D eigenvalue weighted by Gasteiger charge is -2.23. The van der Waals surface area contributed by atoms with Gasteiger partial charge in [-0.05, 0) is 93.2 Å². The first kappa shape index (κ1) is 24.3. The van der Waals surface area contributed by atoms with Gasteiger partial charge in [-0.1, -0.05) is 71.0 Å². The maximum Gasteiger partial charge on any atom is 0.0823 e. The first-order valence-electron chi connectivity index (χ1n) is 13.1. The molecule has 0 unspecified atom stereocenters. The van der Waals surface area contributed by atoms with Gasteiger partial charge in [0.15, 0.2) is 0 Å². The Morgan fingerprint density at radius 2 is 1.68 bits per heavy atom. The van der Waals surface area contributed by atoms with Crippen molar-refractivity contribution in [3.8, 4) is 22.4 Å². The monoisotopic (exact) mass is 519 g/mol. The molecule has 6 rings (SSSR count). The third-order valence-corrected chi connectivity index (χ3v) is 9.53. The van der Waals surface area contributed by atoms with Crippen molar-refractivity contribution in [1.29, 1.82) is 0 Å². The predicted octanol–water partition coefficient (Wildman–Crippen LogP) is 10.8. The van der Waals surface area contributed by atoms with Gasteiger partial charge >= 0.3 is 0 Å². The van der Waals surface area contributed by atoms with Gasteiger partial charge in [0.2, 0.25) is 0 Å². The lowest BCUT2D eigenvalue weighted by Crippen LogP contribution is -2.12. The molecule has 0 spiro atoms. The topological polar surface area (TPSA) is 12.9 Å². The fourth-order valence-corrected chi connectivity index (χ4v) is 7.74. The molecule has 0 saturated carbocycles. The number of nitrogens with zero attached hydrogens (tertiary/aromatic N) is 1. The van der Waals surface area contributed by atoms with E-state index >= 15 is 0 Å². The largest absolute Gasteiger partial charge is 0.247 e. The normalized spacial score (nSPS) is 12.4. The molecule has 186 valence electrons. The summed E-state index contributed by atoms with van der Waals surface area (Å²) < 4.78 is 2.64. The molecule has 0 atom stereocenters. The van der Waals surface area contributed by atoms with E-state index in [2.05, 4.69) is 114 Å². The molecule has 0 N–H and O–H groups in total. The molecular formula is C34H33NS2. The number of aryl methyl sites for hydroxylation is 1. The molecule has 3 heterocycles. The molecule has 6 aromatic rings. The highest BCUT2D eigenvalue weighted by molar-refractivity contribution is 7.19. The summed E-state index contributed by atoms with van der Waals surface area (Å²) in [6.07, 6.45) is 1.15. The Labute approximate surface area is 227 Å². The zero-order valence-electron chi connectivity index (χ0n) is 22.5. The summed E-state index contributed by atoms with van der Waals surface area (Å²) in [6.45, 7) is 13.8. The van der Waals surface area contributed by atoms with Crippen LogP contribution >= 0.6 is 22.7 Å². The first-order chi connectivity index (χ1) is 17.7. The summed E-state index contributed by atoms with van der Waals surface area (Å²) in [7, 11) is 0. The fraction of sp³-hybridized carbons (Fsp3) is 0.265. The number of pyridine rings is 1. The molecule has 3 heteroatoms. The highest BCUT2D eigenvalue weighted by Gasteiger charge is 2.20. The van der Waals surface area contributed by atoms with Crippen molar-refractivity contribution in [3.05, 3.63) is 88.1 Å². The molecule has 0 bridgehead atoms. The number of benzene rings is 3. The number of thiophene rings is 2. The van der Waals surface area contributed by atoms with Gasteiger partial charge in [-0.25, -0.2) is 4.98 Å². The second-order valence-electron chi connectivity index (χ2n) is 11.6. The van der Waals surface area contributed by atoms with Gasteiger partial charge in [0.25, 0.3) is 0 Å². The lowest BCUT2D eigenvalue weighted by atomic mass is 9.82. The minimum Gasteiger partial charge on any atom is -0.247 e. The van der Waals surface area contributed by atoms with Crippen molar-refractivity contribution >= 4 is 53.7 Å². The van der Waals surface area contributed by atoms with Crippen molar-refractivity contribution in [3.63, 3.8) is 0 Å². The molecule has 3 aromatic heterocycles. The summed E-state index contributed by atoms with van der Waals surface area (Å²) in [5.41, 5.74) is 8.71. The molecular weight excluding hydrogens is 487 g/mol. The minimum atomic E-state index is 0.0423. The van der Waals surface area contributed by atoms with Crippen molar-refractivity contribution in [1.82, 2.24) is 4.98 Å². The van der Waals surface area contributed by atoms with Crippen molar-refractivity contribution in [2.45, 2.75) is 53.4 Å². The molecule has 0 aliphatic carbocycles. The molecule has 0 saturated heterocycles. The Kier molecular flexibility index (Phi) is 5.97. The van der Waals surface area contributed by atoms with E-state index < -0.39 is 0 Å². The van der Waals surface area contributed by atoms with Gasteiger partial charge in [0, 0.05) is 20.7 Å². The Balaban J connectivity index is 1.55. The van der Waals surface area contributed by atoms with Crippen LogP contribution in [-0.4, -0.2) is 4.98 Å². The van der Waals surface area contributed by atoms with E-state index in [1.54, 1.807) is 11.3 Å². The number of hydrogen-bond donors (Lipinski definition) is 0. The average molecular weight is 520 g/mol. The number of aromatic nitrogens is 1. The third-order valence-electron chi connectivity index (χ3n) is 7.32. The van der Waals surface area contributed by atoms with Gasteiger partial charge in [0.1, 0.15) is 0 Å². The Morgan fingerprint density at radius 3 is 2.46 bits per heavy atom. The van der Waals surface area contributed by atoms with E-state index in [0.29, 0.717) is 5.92 Å². The molecule has 0 amide bonds. The van der Waals surface area contributed by atoms with E-state index in [9.17, 15) is 0 Å². The molecule has 0 fully saturated rings. The Bertz CT molecular complexity index is 1780. The van der Waals surface area contributed by atoms with E-state index in [0.717, 1.165) is 17.6 Å². The van der Waals surface area contributed by atoms with Crippen LogP contribution in [0.5, 0.6) is 0 Å². The van der Waals surface area contributed by atoms with Crippen molar-refractivity contribution in [2.24, 2.45) is 5.92 Å². The van der Waals surface area contributed by atoms with E-state index in [1.807, 2.05) is 11.3 Å². The summed E-state index contributed by atoms with van der Waals surface area (Å²) in [5.74, 6) is 0.666. The second kappa shape index (κ2) is 9.08. The third kappa shape index (κ3) is 4.39. The van der Waals surface area contributed by atoms with Gasteiger partial charge in [-0.2, -0.15) is 0 Å². The van der Waals surface area contributed by atoms with Crippen LogP contribution in [0.1, 0.15) is 50.6 Å². The summed E-state index contributed by atoms with van der Waals surface area (Å²) in [5, 5.41) is 6.16. The molecule has 0 aliphatic rings. The Hall–Kier alpha value is -3.01. The lowest BCUT2D eigenvalue weighted by molar-refractivity contribution is 0.596. The molecule has 0 radical (unpaired) electrons. The minimum absolute atomic E-state index is 0.0423. The van der Waals surface area contributed by atoms with Crippen LogP contribution in [0.25, 0.3) is 53.5 Å².